The Morgan fingerprint density at radius 2 is 2.19 bits per heavy atom. The number of aromatic nitrogens is 1. The number of benzene rings is 1. The fourth-order valence-corrected chi connectivity index (χ4v) is 2.38. The van der Waals surface area contributed by atoms with Crippen LogP contribution in [0.4, 0.5) is 0 Å². The van der Waals surface area contributed by atoms with Crippen LogP contribution >= 0.6 is 23.1 Å². The molecule has 3 nitrogen and oxygen atoms in total. The number of nitrogens with zero attached hydrogens (tertiary/aromatic N) is 1. The molecule has 2 rings (SSSR count). The zero-order valence-electron chi connectivity index (χ0n) is 8.16. The summed E-state index contributed by atoms with van der Waals surface area (Å²) in [4.78, 5) is 12.0. The van der Waals surface area contributed by atoms with Gasteiger partial charge in [0.05, 0.1) is 0 Å². The third kappa shape index (κ3) is 2.01. The van der Waals surface area contributed by atoms with Gasteiger partial charge in [-0.2, -0.15) is 5.26 Å². The first kappa shape index (κ1) is 10.9. The summed E-state index contributed by atoms with van der Waals surface area (Å²) >= 11 is 7.20. The molecule has 0 amide bonds. The van der Waals surface area contributed by atoms with Crippen molar-refractivity contribution in [1.82, 2.24) is 4.37 Å². The van der Waals surface area contributed by atoms with Crippen molar-refractivity contribution < 1.29 is 0 Å². The zero-order chi connectivity index (χ0) is 11.5. The smallest absolute Gasteiger partial charge is 0.276 e. The minimum atomic E-state index is -0.324. The molecule has 16 heavy (non-hydrogen) atoms. The molecule has 2 aromatic rings. The van der Waals surface area contributed by atoms with E-state index in [1.54, 1.807) is 6.07 Å². The lowest BCUT2D eigenvalue weighted by Gasteiger charge is -2.01. The monoisotopic (exact) mass is 250 g/mol. The highest BCUT2D eigenvalue weighted by Crippen LogP contribution is 2.21. The van der Waals surface area contributed by atoms with Crippen LogP contribution in [-0.2, 0) is 6.42 Å². The van der Waals surface area contributed by atoms with E-state index < -0.39 is 0 Å². The van der Waals surface area contributed by atoms with Crippen LogP contribution in [0, 0.1) is 11.3 Å². The molecule has 5 heteroatoms. The van der Waals surface area contributed by atoms with E-state index in [-0.39, 0.29) is 11.1 Å². The highest BCUT2D eigenvalue weighted by atomic mass is 35.5. The lowest BCUT2D eigenvalue weighted by Crippen LogP contribution is -2.03. The van der Waals surface area contributed by atoms with E-state index in [0.717, 1.165) is 10.4 Å². The van der Waals surface area contributed by atoms with Crippen LogP contribution in [0.15, 0.2) is 29.1 Å². The Balaban J connectivity index is 2.39. The number of hydrogen-bond donors (Lipinski definition) is 1. The molecule has 0 fully saturated rings. The molecule has 0 spiro atoms. The number of halogens is 1. The van der Waals surface area contributed by atoms with Gasteiger partial charge < -0.3 is 0 Å². The molecule has 1 heterocycles. The molecule has 0 atom stereocenters. The fourth-order valence-electron chi connectivity index (χ4n) is 1.39. The average molecular weight is 251 g/mol. The number of nitrogens with one attached hydrogen (secondary N) is 1. The number of rotatable bonds is 2. The van der Waals surface area contributed by atoms with Gasteiger partial charge in [-0.3, -0.25) is 9.17 Å². The maximum atomic E-state index is 11.2. The van der Waals surface area contributed by atoms with E-state index in [0.29, 0.717) is 11.4 Å². The van der Waals surface area contributed by atoms with Gasteiger partial charge in [-0.1, -0.05) is 41.3 Å². The summed E-state index contributed by atoms with van der Waals surface area (Å²) in [6.07, 6.45) is 0.506. The molecule has 0 saturated carbocycles. The maximum Gasteiger partial charge on any atom is 0.276 e. The maximum absolute atomic E-state index is 11.2. The molecule has 1 N–H and O–H groups in total. The molecule has 1 aromatic carbocycles. The highest BCUT2D eigenvalue weighted by molar-refractivity contribution is 7.05. The molecule has 0 aliphatic rings. The van der Waals surface area contributed by atoms with E-state index in [2.05, 4.69) is 4.37 Å². The number of H-pyrrole nitrogens is 1. The predicted octanol–water partition coefficient (Wildman–Crippen LogP) is 2.55. The van der Waals surface area contributed by atoms with Crippen molar-refractivity contribution in [3.63, 3.8) is 0 Å². The highest BCUT2D eigenvalue weighted by Gasteiger charge is 2.11. The van der Waals surface area contributed by atoms with Gasteiger partial charge >= 0.3 is 0 Å². The SMILES string of the molecule is N#Cc1c(Cc2ccccc2Cl)s[nH]c1=O. The fraction of sp³-hybridized carbons (Fsp3) is 0.0909. The second-order valence-corrected chi connectivity index (χ2v) is 4.52. The van der Waals surface area contributed by atoms with Crippen LogP contribution in [0.25, 0.3) is 0 Å². The van der Waals surface area contributed by atoms with Crippen molar-refractivity contribution in [3.05, 3.63) is 55.6 Å². The van der Waals surface area contributed by atoms with Crippen molar-refractivity contribution in [2.45, 2.75) is 6.42 Å². The van der Waals surface area contributed by atoms with E-state index in [9.17, 15) is 4.79 Å². The number of nitriles is 1. The lowest BCUT2D eigenvalue weighted by atomic mass is 10.1. The summed E-state index contributed by atoms with van der Waals surface area (Å²) in [5, 5.41) is 9.48. The molecule has 1 aromatic heterocycles. The second kappa shape index (κ2) is 4.52. The van der Waals surface area contributed by atoms with Crippen molar-refractivity contribution in [2.24, 2.45) is 0 Å². The summed E-state index contributed by atoms with van der Waals surface area (Å²) in [6.45, 7) is 0. The lowest BCUT2D eigenvalue weighted by molar-refractivity contribution is 1.22. The third-order valence-corrected chi connectivity index (χ3v) is 3.44. The summed E-state index contributed by atoms with van der Waals surface area (Å²) in [5.41, 5.74) is 0.774. The summed E-state index contributed by atoms with van der Waals surface area (Å²) in [6, 6.07) is 9.30. The Labute approximate surface area is 101 Å². The Morgan fingerprint density at radius 3 is 2.88 bits per heavy atom. The van der Waals surface area contributed by atoms with E-state index in [4.69, 9.17) is 16.9 Å². The van der Waals surface area contributed by atoms with Crippen LogP contribution in [0.3, 0.4) is 0 Å². The van der Waals surface area contributed by atoms with Crippen molar-refractivity contribution in [1.29, 1.82) is 5.26 Å². The molecule has 80 valence electrons. The topological polar surface area (TPSA) is 56.6 Å². The molecule has 0 unspecified atom stereocenters. The van der Waals surface area contributed by atoms with Crippen LogP contribution in [0.1, 0.15) is 16.0 Å². The van der Waals surface area contributed by atoms with Crippen LogP contribution in [0.2, 0.25) is 5.02 Å². The summed E-state index contributed by atoms with van der Waals surface area (Å²) in [7, 11) is 0. The Hall–Kier alpha value is -1.57. The first-order valence-corrected chi connectivity index (χ1v) is 5.75. The van der Waals surface area contributed by atoms with E-state index >= 15 is 0 Å². The first-order chi connectivity index (χ1) is 7.72. The molecule has 0 saturated heterocycles. The number of hydrogen-bond acceptors (Lipinski definition) is 3. The van der Waals surface area contributed by atoms with Gasteiger partial charge in [0.25, 0.3) is 5.56 Å². The Bertz CT molecular complexity index is 609. The normalized spacial score (nSPS) is 10.0. The predicted molar refractivity (Wildman–Crippen MR) is 63.9 cm³/mol. The molecule has 0 radical (unpaired) electrons. The van der Waals surface area contributed by atoms with E-state index in [1.807, 2.05) is 24.3 Å². The van der Waals surface area contributed by atoms with Crippen molar-refractivity contribution in [3.8, 4) is 6.07 Å². The zero-order valence-corrected chi connectivity index (χ0v) is 9.73. The summed E-state index contributed by atoms with van der Waals surface area (Å²) in [5.74, 6) is 0. The molecule has 0 aliphatic heterocycles. The van der Waals surface area contributed by atoms with Crippen molar-refractivity contribution in [2.75, 3.05) is 0 Å². The Kier molecular flexibility index (Phi) is 3.09. The van der Waals surface area contributed by atoms with E-state index in [1.165, 1.54) is 11.5 Å². The van der Waals surface area contributed by atoms with Gasteiger partial charge in [0.15, 0.2) is 0 Å². The molecule has 0 bridgehead atoms. The van der Waals surface area contributed by atoms with Crippen LogP contribution in [0.5, 0.6) is 0 Å². The number of aromatic amines is 1. The minimum absolute atomic E-state index is 0.185. The second-order valence-electron chi connectivity index (χ2n) is 3.21. The Morgan fingerprint density at radius 1 is 1.44 bits per heavy atom. The van der Waals surface area contributed by atoms with Gasteiger partial charge in [0.2, 0.25) is 0 Å². The molecular weight excluding hydrogens is 244 g/mol. The largest absolute Gasteiger partial charge is 0.276 e. The van der Waals surface area contributed by atoms with Crippen LogP contribution in [-0.4, -0.2) is 4.37 Å². The van der Waals surface area contributed by atoms with Gasteiger partial charge in [0, 0.05) is 16.3 Å². The standard InChI is InChI=1S/C11H7ClN2OS/c12-9-4-2-1-3-7(9)5-10-8(6-13)11(15)14-16-10/h1-4H,5H2,(H,14,15). The minimum Gasteiger partial charge on any atom is -0.276 e. The molecule has 0 aliphatic carbocycles. The quantitative estimate of drug-likeness (QED) is 0.891. The van der Waals surface area contributed by atoms with Gasteiger partial charge in [-0.05, 0) is 11.6 Å². The van der Waals surface area contributed by atoms with Gasteiger partial charge in [-0.15, -0.1) is 0 Å². The van der Waals surface area contributed by atoms with Gasteiger partial charge in [0.1, 0.15) is 11.6 Å². The molecular formula is C11H7ClN2OS. The summed E-state index contributed by atoms with van der Waals surface area (Å²) < 4.78 is 2.55. The average Bonchev–Trinajstić information content (AvgIpc) is 2.63. The first-order valence-electron chi connectivity index (χ1n) is 4.56. The van der Waals surface area contributed by atoms with Crippen LogP contribution < -0.4 is 5.56 Å². The third-order valence-electron chi connectivity index (χ3n) is 2.19. The van der Waals surface area contributed by atoms with Crippen molar-refractivity contribution >= 4 is 23.1 Å². The van der Waals surface area contributed by atoms with Gasteiger partial charge in [-0.25, -0.2) is 0 Å².